The van der Waals surface area contributed by atoms with Crippen LogP contribution in [-0.4, -0.2) is 30.2 Å². The molecule has 6 heteroatoms. The lowest BCUT2D eigenvalue weighted by atomic mass is 9.77. The highest BCUT2D eigenvalue weighted by Crippen LogP contribution is 2.39. The van der Waals surface area contributed by atoms with E-state index in [-0.39, 0.29) is 11.3 Å². The van der Waals surface area contributed by atoms with Crippen molar-refractivity contribution in [2.45, 2.75) is 37.7 Å². The number of hydrogen-bond acceptors (Lipinski definition) is 5. The average Bonchev–Trinajstić information content (AvgIpc) is 2.75. The minimum atomic E-state index is -1.07. The first kappa shape index (κ1) is 21.2. The predicted octanol–water partition coefficient (Wildman–Crippen LogP) is 5.26. The number of ketones is 1. The maximum Gasteiger partial charge on any atom is 0.231 e. The summed E-state index contributed by atoms with van der Waals surface area (Å²) in [6.07, 6.45) is 4.03. The zero-order valence-electron chi connectivity index (χ0n) is 16.6. The molecule has 0 saturated heterocycles. The second kappa shape index (κ2) is 8.89. The number of carbonyl (C=O) groups excluding carboxylic acids is 1. The Balaban J connectivity index is 2.08. The van der Waals surface area contributed by atoms with E-state index < -0.39 is 17.1 Å². The monoisotopic (exact) mass is 416 g/mol. The van der Waals surface area contributed by atoms with E-state index in [2.05, 4.69) is 0 Å². The van der Waals surface area contributed by atoms with E-state index in [4.69, 9.17) is 21.1 Å². The second-order valence-corrected chi connectivity index (χ2v) is 7.63. The summed E-state index contributed by atoms with van der Waals surface area (Å²) in [7, 11) is 2.84. The molecule has 0 aliphatic heterocycles. The number of ether oxygens (including phenoxy) is 2. The Morgan fingerprint density at radius 3 is 2.38 bits per heavy atom. The van der Waals surface area contributed by atoms with Gasteiger partial charge in [0.1, 0.15) is 5.75 Å². The predicted molar refractivity (Wildman–Crippen MR) is 112 cm³/mol. The molecular weight excluding hydrogens is 392 g/mol. The van der Waals surface area contributed by atoms with Crippen LogP contribution >= 0.6 is 11.6 Å². The highest BCUT2D eigenvalue weighted by Gasteiger charge is 2.35. The highest BCUT2D eigenvalue weighted by atomic mass is 35.5. The summed E-state index contributed by atoms with van der Waals surface area (Å²) >= 11 is 6.01. The molecule has 1 fully saturated rings. The van der Waals surface area contributed by atoms with Crippen molar-refractivity contribution in [3.8, 4) is 5.75 Å². The van der Waals surface area contributed by atoms with Gasteiger partial charge in [0.25, 0.3) is 0 Å². The van der Waals surface area contributed by atoms with Gasteiger partial charge in [0.05, 0.1) is 25.4 Å². The highest BCUT2D eigenvalue weighted by molar-refractivity contribution is 6.30. The Hall–Kier alpha value is -2.50. The second-order valence-electron chi connectivity index (χ2n) is 7.19. The molecule has 29 heavy (non-hydrogen) atoms. The van der Waals surface area contributed by atoms with Crippen LogP contribution in [0, 0.1) is 0 Å². The number of allylic oxidation sites excluding steroid dienone is 1. The first-order valence-electron chi connectivity index (χ1n) is 9.59. The smallest absolute Gasteiger partial charge is 0.231 e. The van der Waals surface area contributed by atoms with Crippen molar-refractivity contribution in [2.24, 2.45) is 0 Å². The van der Waals surface area contributed by atoms with Crippen molar-refractivity contribution in [1.82, 2.24) is 0 Å². The Bertz CT molecular complexity index is 929. The Morgan fingerprint density at radius 2 is 1.72 bits per heavy atom. The van der Waals surface area contributed by atoms with Gasteiger partial charge >= 0.3 is 0 Å². The molecule has 0 atom stereocenters. The van der Waals surface area contributed by atoms with E-state index in [9.17, 15) is 15.0 Å². The van der Waals surface area contributed by atoms with E-state index in [0.717, 1.165) is 19.3 Å². The summed E-state index contributed by atoms with van der Waals surface area (Å²) in [5, 5.41) is 22.4. The van der Waals surface area contributed by atoms with Crippen LogP contribution in [0.3, 0.4) is 0 Å². The van der Waals surface area contributed by atoms with Crippen molar-refractivity contribution >= 4 is 23.1 Å². The fraction of sp³-hybridized carbons (Fsp3) is 0.348. The van der Waals surface area contributed by atoms with Crippen molar-refractivity contribution in [3.05, 3.63) is 69.9 Å². The fourth-order valence-corrected chi connectivity index (χ4v) is 4.07. The number of rotatable bonds is 6. The summed E-state index contributed by atoms with van der Waals surface area (Å²) in [6, 6.07) is 11.7. The van der Waals surface area contributed by atoms with Gasteiger partial charge < -0.3 is 19.7 Å². The molecule has 1 aliphatic carbocycles. The van der Waals surface area contributed by atoms with Crippen molar-refractivity contribution in [2.75, 3.05) is 14.2 Å². The van der Waals surface area contributed by atoms with Crippen LogP contribution in [0.25, 0.3) is 5.76 Å². The maximum atomic E-state index is 13.2. The molecule has 0 bridgehead atoms. The van der Waals surface area contributed by atoms with Crippen LogP contribution in [0.1, 0.15) is 53.6 Å². The van der Waals surface area contributed by atoms with Crippen LogP contribution in [0.5, 0.6) is 5.75 Å². The summed E-state index contributed by atoms with van der Waals surface area (Å²) in [5.74, 6) is -0.824. The fourth-order valence-electron chi connectivity index (χ4n) is 3.91. The van der Waals surface area contributed by atoms with E-state index in [1.54, 1.807) is 42.5 Å². The summed E-state index contributed by atoms with van der Waals surface area (Å²) in [5.41, 5.74) is 0.126. The van der Waals surface area contributed by atoms with Gasteiger partial charge in [-0.1, -0.05) is 55.1 Å². The molecule has 0 amide bonds. The molecule has 0 spiro atoms. The summed E-state index contributed by atoms with van der Waals surface area (Å²) < 4.78 is 10.7. The molecular formula is C23H25ClO5. The van der Waals surface area contributed by atoms with Gasteiger partial charge in [-0.05, 0) is 36.6 Å². The van der Waals surface area contributed by atoms with E-state index in [0.29, 0.717) is 34.7 Å². The molecule has 2 N–H and O–H groups in total. The third-order valence-corrected chi connectivity index (χ3v) is 5.63. The van der Waals surface area contributed by atoms with Crippen LogP contribution in [0.15, 0.2) is 48.2 Å². The third kappa shape index (κ3) is 4.26. The zero-order chi connectivity index (χ0) is 21.0. The van der Waals surface area contributed by atoms with Crippen LogP contribution in [0.2, 0.25) is 5.02 Å². The lowest BCUT2D eigenvalue weighted by molar-refractivity contribution is -0.00133. The zero-order valence-corrected chi connectivity index (χ0v) is 17.3. The lowest BCUT2D eigenvalue weighted by Crippen LogP contribution is -2.30. The van der Waals surface area contributed by atoms with E-state index >= 15 is 0 Å². The van der Waals surface area contributed by atoms with Gasteiger partial charge in [-0.25, -0.2) is 0 Å². The molecule has 3 rings (SSSR count). The number of benzene rings is 2. The van der Waals surface area contributed by atoms with Gasteiger partial charge in [0.2, 0.25) is 11.5 Å². The normalized spacial score (nSPS) is 16.7. The largest absolute Gasteiger partial charge is 0.502 e. The molecule has 1 aliphatic rings. The number of aliphatic hydroxyl groups excluding tert-OH is 1. The van der Waals surface area contributed by atoms with Gasteiger partial charge in [-0.15, -0.1) is 0 Å². The van der Waals surface area contributed by atoms with Gasteiger partial charge in [-0.2, -0.15) is 0 Å². The first-order valence-corrected chi connectivity index (χ1v) is 9.97. The minimum absolute atomic E-state index is 0.0195. The topological polar surface area (TPSA) is 76.0 Å². The molecule has 0 radical (unpaired) electrons. The molecule has 0 heterocycles. The van der Waals surface area contributed by atoms with Crippen molar-refractivity contribution in [1.29, 1.82) is 0 Å². The SMILES string of the molecule is CO/C(=C(/O)C(=O)c1ccccc1C1(O)CCCCC1)c1ccc(Cl)cc1OC. The quantitative estimate of drug-likeness (QED) is 0.382. The average molecular weight is 417 g/mol. The van der Waals surface area contributed by atoms with Gasteiger partial charge in [0, 0.05) is 10.6 Å². The minimum Gasteiger partial charge on any atom is -0.502 e. The number of hydrogen-bond donors (Lipinski definition) is 2. The standard InChI is InChI=1S/C23H25ClO5/c1-28-19-14-15(24)10-11-17(19)22(29-2)21(26)20(25)16-8-4-5-9-18(16)23(27)12-6-3-7-13-23/h4-5,8-11,14,26-27H,3,6-7,12-13H2,1-2H3/b22-21+. The Labute approximate surface area is 175 Å². The van der Waals surface area contributed by atoms with Crippen molar-refractivity contribution < 1.29 is 24.5 Å². The van der Waals surface area contributed by atoms with Gasteiger partial charge in [-0.3, -0.25) is 4.79 Å². The van der Waals surface area contributed by atoms with E-state index in [1.807, 2.05) is 0 Å². The van der Waals surface area contributed by atoms with Crippen molar-refractivity contribution in [3.63, 3.8) is 0 Å². The molecule has 5 nitrogen and oxygen atoms in total. The lowest BCUT2D eigenvalue weighted by Gasteiger charge is -2.33. The van der Waals surface area contributed by atoms with Crippen LogP contribution in [0.4, 0.5) is 0 Å². The third-order valence-electron chi connectivity index (χ3n) is 5.40. The molecule has 0 unspecified atom stereocenters. The maximum absolute atomic E-state index is 13.2. The number of Topliss-reactive ketones (excluding diaryl/α,β-unsaturated/α-hetero) is 1. The van der Waals surface area contributed by atoms with Crippen LogP contribution in [-0.2, 0) is 10.3 Å². The molecule has 1 saturated carbocycles. The number of halogens is 1. The molecule has 154 valence electrons. The first-order chi connectivity index (χ1) is 13.9. The number of carbonyl (C=O) groups is 1. The Morgan fingerprint density at radius 1 is 1.03 bits per heavy atom. The molecule has 2 aromatic carbocycles. The molecule has 2 aromatic rings. The van der Waals surface area contributed by atoms with Crippen LogP contribution < -0.4 is 4.74 Å². The summed E-state index contributed by atoms with van der Waals surface area (Å²) in [4.78, 5) is 13.2. The summed E-state index contributed by atoms with van der Waals surface area (Å²) in [6.45, 7) is 0. The van der Waals surface area contributed by atoms with E-state index in [1.165, 1.54) is 14.2 Å². The number of methoxy groups -OCH3 is 2. The molecule has 0 aromatic heterocycles. The Kier molecular flexibility index (Phi) is 6.50. The number of aliphatic hydroxyl groups is 2. The van der Waals surface area contributed by atoms with Gasteiger partial charge in [0.15, 0.2) is 5.76 Å².